The number of hydrogen-bond donors (Lipinski definition) is 1. The number of aliphatic carboxylic acids is 1. The van der Waals surface area contributed by atoms with Gasteiger partial charge in [0.1, 0.15) is 0 Å². The largest absolute Gasteiger partial charge is 0.481 e. The molecule has 0 aromatic carbocycles. The SMILES string of the molecule is O=C(O)C1CCN(C(=O)CCc2cccnc2)CC1. The summed E-state index contributed by atoms with van der Waals surface area (Å²) < 4.78 is 0. The number of rotatable bonds is 4. The Hall–Kier alpha value is -1.91. The number of carbonyl (C=O) groups is 2. The minimum absolute atomic E-state index is 0.104. The molecule has 2 rings (SSSR count). The first kappa shape index (κ1) is 13.5. The summed E-state index contributed by atoms with van der Waals surface area (Å²) in [4.78, 5) is 28.6. The lowest BCUT2D eigenvalue weighted by Gasteiger charge is -2.30. The summed E-state index contributed by atoms with van der Waals surface area (Å²) in [5.74, 6) is -0.933. The highest BCUT2D eigenvalue weighted by Gasteiger charge is 2.26. The Morgan fingerprint density at radius 1 is 1.37 bits per heavy atom. The molecular weight excluding hydrogens is 244 g/mol. The lowest BCUT2D eigenvalue weighted by molar-refractivity contribution is -0.145. The topological polar surface area (TPSA) is 70.5 Å². The van der Waals surface area contributed by atoms with Gasteiger partial charge in [-0.2, -0.15) is 0 Å². The van der Waals surface area contributed by atoms with Crippen LogP contribution in [-0.4, -0.2) is 40.0 Å². The highest BCUT2D eigenvalue weighted by Crippen LogP contribution is 2.18. The maximum absolute atomic E-state index is 12.0. The summed E-state index contributed by atoms with van der Waals surface area (Å²) in [6, 6.07) is 3.81. The maximum atomic E-state index is 12.0. The predicted octanol–water partition coefficient (Wildman–Crippen LogP) is 1.34. The molecule has 1 N–H and O–H groups in total. The van der Waals surface area contributed by atoms with Crippen LogP contribution in [0.2, 0.25) is 0 Å². The van der Waals surface area contributed by atoms with Gasteiger partial charge in [-0.15, -0.1) is 0 Å². The van der Waals surface area contributed by atoms with Crippen molar-refractivity contribution in [2.24, 2.45) is 5.92 Å². The van der Waals surface area contributed by atoms with Gasteiger partial charge < -0.3 is 10.0 Å². The molecule has 1 aliphatic rings. The lowest BCUT2D eigenvalue weighted by atomic mass is 9.97. The molecule has 1 aliphatic heterocycles. The van der Waals surface area contributed by atoms with Crippen molar-refractivity contribution in [3.05, 3.63) is 30.1 Å². The fourth-order valence-corrected chi connectivity index (χ4v) is 2.33. The van der Waals surface area contributed by atoms with Crippen molar-refractivity contribution < 1.29 is 14.7 Å². The molecule has 5 nitrogen and oxygen atoms in total. The third-order valence-electron chi connectivity index (χ3n) is 3.55. The van der Waals surface area contributed by atoms with Crippen molar-refractivity contribution in [1.82, 2.24) is 9.88 Å². The fourth-order valence-electron chi connectivity index (χ4n) is 2.33. The second kappa shape index (κ2) is 6.31. The standard InChI is InChI=1S/C14H18N2O3/c17-13(4-3-11-2-1-7-15-10-11)16-8-5-12(6-9-16)14(18)19/h1-2,7,10,12H,3-6,8-9H2,(H,18,19). The van der Waals surface area contributed by atoms with Gasteiger partial charge in [0.15, 0.2) is 0 Å². The molecule has 1 aromatic rings. The Morgan fingerprint density at radius 3 is 2.68 bits per heavy atom. The van der Waals surface area contributed by atoms with Crippen molar-refractivity contribution in [3.63, 3.8) is 0 Å². The normalized spacial score (nSPS) is 16.3. The van der Waals surface area contributed by atoms with Crippen LogP contribution >= 0.6 is 0 Å². The number of carboxylic acids is 1. The number of piperidine rings is 1. The molecule has 1 fully saturated rings. The van der Waals surface area contributed by atoms with E-state index in [1.165, 1.54) is 0 Å². The predicted molar refractivity (Wildman–Crippen MR) is 69.5 cm³/mol. The van der Waals surface area contributed by atoms with Gasteiger partial charge in [0.05, 0.1) is 5.92 Å². The van der Waals surface area contributed by atoms with E-state index in [0.717, 1.165) is 5.56 Å². The number of carboxylic acid groups (broad SMARTS) is 1. The smallest absolute Gasteiger partial charge is 0.306 e. The third kappa shape index (κ3) is 3.77. The minimum Gasteiger partial charge on any atom is -0.481 e. The van der Waals surface area contributed by atoms with Crippen molar-refractivity contribution >= 4 is 11.9 Å². The zero-order chi connectivity index (χ0) is 13.7. The monoisotopic (exact) mass is 262 g/mol. The van der Waals surface area contributed by atoms with Crippen molar-refractivity contribution in [2.75, 3.05) is 13.1 Å². The van der Waals surface area contributed by atoms with Crippen molar-refractivity contribution in [2.45, 2.75) is 25.7 Å². The molecule has 0 radical (unpaired) electrons. The van der Waals surface area contributed by atoms with E-state index in [1.807, 2.05) is 12.1 Å². The van der Waals surface area contributed by atoms with E-state index in [0.29, 0.717) is 38.8 Å². The highest BCUT2D eigenvalue weighted by atomic mass is 16.4. The van der Waals surface area contributed by atoms with Gasteiger partial charge in [-0.1, -0.05) is 6.07 Å². The molecule has 0 bridgehead atoms. The minimum atomic E-state index is -0.748. The number of hydrogen-bond acceptors (Lipinski definition) is 3. The highest BCUT2D eigenvalue weighted by molar-refractivity contribution is 5.77. The molecule has 1 aromatic heterocycles. The van der Waals surface area contributed by atoms with Gasteiger partial charge in [-0.3, -0.25) is 14.6 Å². The molecule has 5 heteroatoms. The average Bonchev–Trinajstić information content (AvgIpc) is 2.46. The van der Waals surface area contributed by atoms with Crippen molar-refractivity contribution in [1.29, 1.82) is 0 Å². The second-order valence-corrected chi connectivity index (χ2v) is 4.85. The molecule has 0 spiro atoms. The van der Waals surface area contributed by atoms with Crippen LogP contribution in [-0.2, 0) is 16.0 Å². The summed E-state index contributed by atoms with van der Waals surface area (Å²) in [5, 5.41) is 8.90. The fraction of sp³-hybridized carbons (Fsp3) is 0.500. The van der Waals surface area contributed by atoms with E-state index in [4.69, 9.17) is 5.11 Å². The summed E-state index contributed by atoms with van der Waals surface area (Å²) in [5.41, 5.74) is 1.05. The Labute approximate surface area is 112 Å². The molecule has 102 valence electrons. The first-order valence-corrected chi connectivity index (χ1v) is 6.56. The van der Waals surface area contributed by atoms with E-state index in [-0.39, 0.29) is 11.8 Å². The summed E-state index contributed by atoms with van der Waals surface area (Å²) in [6.45, 7) is 1.12. The van der Waals surface area contributed by atoms with E-state index in [1.54, 1.807) is 17.3 Å². The summed E-state index contributed by atoms with van der Waals surface area (Å²) in [7, 11) is 0. The molecular formula is C14H18N2O3. The molecule has 0 aliphatic carbocycles. The van der Waals surface area contributed by atoms with E-state index >= 15 is 0 Å². The van der Waals surface area contributed by atoms with Crippen molar-refractivity contribution in [3.8, 4) is 0 Å². The number of aromatic nitrogens is 1. The molecule has 1 amide bonds. The molecule has 19 heavy (non-hydrogen) atoms. The number of nitrogens with zero attached hydrogens (tertiary/aromatic N) is 2. The number of pyridine rings is 1. The molecule has 2 heterocycles. The van der Waals surface area contributed by atoms with Gasteiger partial charge >= 0.3 is 5.97 Å². The molecule has 0 saturated carbocycles. The van der Waals surface area contributed by atoms with Crippen LogP contribution < -0.4 is 0 Å². The quantitative estimate of drug-likeness (QED) is 0.888. The van der Waals surface area contributed by atoms with Gasteiger partial charge in [-0.05, 0) is 30.9 Å². The molecule has 1 saturated heterocycles. The summed E-state index contributed by atoms with van der Waals surface area (Å²) in [6.07, 6.45) is 5.75. The van der Waals surface area contributed by atoms with Crippen LogP contribution in [0.1, 0.15) is 24.8 Å². The van der Waals surface area contributed by atoms with E-state index < -0.39 is 5.97 Å². The van der Waals surface area contributed by atoms with Gasteiger partial charge in [0.2, 0.25) is 5.91 Å². The number of aryl methyl sites for hydroxylation is 1. The van der Waals surface area contributed by atoms with E-state index in [9.17, 15) is 9.59 Å². The average molecular weight is 262 g/mol. The second-order valence-electron chi connectivity index (χ2n) is 4.85. The van der Waals surface area contributed by atoms with Crippen LogP contribution in [0, 0.1) is 5.92 Å². The maximum Gasteiger partial charge on any atom is 0.306 e. The van der Waals surface area contributed by atoms with Gasteiger partial charge in [0.25, 0.3) is 0 Å². The van der Waals surface area contributed by atoms with Crippen LogP contribution in [0.15, 0.2) is 24.5 Å². The van der Waals surface area contributed by atoms with Gasteiger partial charge in [-0.25, -0.2) is 0 Å². The first-order chi connectivity index (χ1) is 9.16. The lowest BCUT2D eigenvalue weighted by Crippen LogP contribution is -2.40. The molecule has 0 atom stereocenters. The van der Waals surface area contributed by atoms with Crippen LogP contribution in [0.4, 0.5) is 0 Å². The van der Waals surface area contributed by atoms with Crippen LogP contribution in [0.5, 0.6) is 0 Å². The van der Waals surface area contributed by atoms with Gasteiger partial charge in [0, 0.05) is 31.9 Å². The Morgan fingerprint density at radius 2 is 2.11 bits per heavy atom. The van der Waals surface area contributed by atoms with Crippen LogP contribution in [0.3, 0.4) is 0 Å². The number of likely N-dealkylation sites (tertiary alicyclic amines) is 1. The third-order valence-corrected chi connectivity index (χ3v) is 3.55. The Kier molecular flexibility index (Phi) is 4.49. The summed E-state index contributed by atoms with van der Waals surface area (Å²) >= 11 is 0. The Balaban J connectivity index is 1.77. The first-order valence-electron chi connectivity index (χ1n) is 6.56. The Bertz CT molecular complexity index is 439. The number of carbonyl (C=O) groups excluding carboxylic acids is 1. The zero-order valence-corrected chi connectivity index (χ0v) is 10.8. The molecule has 0 unspecified atom stereocenters. The van der Waals surface area contributed by atoms with E-state index in [2.05, 4.69) is 4.98 Å². The number of amides is 1. The van der Waals surface area contributed by atoms with Crippen LogP contribution in [0.25, 0.3) is 0 Å². The zero-order valence-electron chi connectivity index (χ0n) is 10.8.